The number of carbonyl (C=O) groups excluding carboxylic acids is 1. The van der Waals surface area contributed by atoms with Crippen LogP contribution in [0.3, 0.4) is 0 Å². The highest BCUT2D eigenvalue weighted by atomic mass is 79.9. The van der Waals surface area contributed by atoms with Crippen molar-refractivity contribution in [2.75, 3.05) is 0 Å². The fourth-order valence-electron chi connectivity index (χ4n) is 1.32. The van der Waals surface area contributed by atoms with Gasteiger partial charge in [0, 0.05) is 11.4 Å². The summed E-state index contributed by atoms with van der Waals surface area (Å²) in [6.07, 6.45) is -4.80. The van der Waals surface area contributed by atoms with Gasteiger partial charge in [0.2, 0.25) is 0 Å². The first-order valence-electron chi connectivity index (χ1n) is 4.83. The summed E-state index contributed by atoms with van der Waals surface area (Å²) in [4.78, 5) is 10.4. The molecular formula is C11H9BrClF3O2. The van der Waals surface area contributed by atoms with Crippen LogP contribution >= 0.6 is 27.5 Å². The quantitative estimate of drug-likeness (QED) is 0.758. The van der Waals surface area contributed by atoms with Crippen LogP contribution in [-0.2, 0) is 10.7 Å². The van der Waals surface area contributed by atoms with E-state index in [-0.39, 0.29) is 17.2 Å². The fourth-order valence-corrected chi connectivity index (χ4v) is 1.84. The summed E-state index contributed by atoms with van der Waals surface area (Å²) in [5, 5.41) is 0. The molecule has 0 aliphatic carbocycles. The minimum atomic E-state index is -4.80. The van der Waals surface area contributed by atoms with E-state index < -0.39 is 16.9 Å². The maximum Gasteiger partial charge on any atom is 0.573 e. The van der Waals surface area contributed by atoms with E-state index in [0.717, 1.165) is 6.07 Å². The summed E-state index contributed by atoms with van der Waals surface area (Å²) in [6.45, 7) is 1.27. The summed E-state index contributed by atoms with van der Waals surface area (Å²) in [5.74, 6) is -0.598. The zero-order valence-corrected chi connectivity index (χ0v) is 11.6. The number of ether oxygens (including phenoxy) is 1. The van der Waals surface area contributed by atoms with Gasteiger partial charge in [-0.1, -0.05) is 22.0 Å². The highest BCUT2D eigenvalue weighted by Gasteiger charge is 2.33. The average Bonchev–Trinajstić information content (AvgIpc) is 2.26. The number of halogens is 5. The molecule has 0 saturated carbocycles. The van der Waals surface area contributed by atoms with Crippen molar-refractivity contribution in [2.24, 2.45) is 0 Å². The largest absolute Gasteiger partial charge is 0.573 e. The summed E-state index contributed by atoms with van der Waals surface area (Å²) >= 11 is 8.64. The Bertz CT molecular complexity index is 448. The third-order valence-electron chi connectivity index (χ3n) is 2.08. The predicted octanol–water partition coefficient (Wildman–Crippen LogP) is 4.35. The van der Waals surface area contributed by atoms with Crippen LogP contribution in [0.5, 0.6) is 5.75 Å². The summed E-state index contributed by atoms with van der Waals surface area (Å²) < 4.78 is 40.5. The normalized spacial score (nSPS) is 13.2. The third kappa shape index (κ3) is 4.17. The standard InChI is InChI=1S/C11H9BrClF3O2/c1-6(17)10(12)8-4-7(5-13)2-3-9(8)18-11(14,15)16/h2-4,10H,5H2,1H3. The molecule has 0 aromatic heterocycles. The number of carbonyl (C=O) groups is 1. The Labute approximate surface area is 115 Å². The van der Waals surface area contributed by atoms with E-state index in [0.29, 0.717) is 5.56 Å². The molecule has 0 saturated heterocycles. The molecule has 1 aromatic rings. The first-order chi connectivity index (χ1) is 8.24. The van der Waals surface area contributed by atoms with E-state index in [4.69, 9.17) is 11.6 Å². The molecule has 1 aromatic carbocycles. The van der Waals surface area contributed by atoms with Gasteiger partial charge in [-0.15, -0.1) is 24.8 Å². The Balaban J connectivity index is 3.20. The number of Topliss-reactive ketones (excluding diaryl/α,β-unsaturated/α-hetero) is 1. The van der Waals surface area contributed by atoms with Gasteiger partial charge in [0.1, 0.15) is 16.4 Å². The minimum Gasteiger partial charge on any atom is -0.405 e. The van der Waals surface area contributed by atoms with Crippen molar-refractivity contribution < 1.29 is 22.7 Å². The highest BCUT2D eigenvalue weighted by molar-refractivity contribution is 9.09. The van der Waals surface area contributed by atoms with Gasteiger partial charge in [0.25, 0.3) is 0 Å². The monoisotopic (exact) mass is 344 g/mol. The van der Waals surface area contributed by atoms with Gasteiger partial charge in [-0.05, 0) is 24.6 Å². The zero-order chi connectivity index (χ0) is 13.9. The number of hydrogen-bond acceptors (Lipinski definition) is 2. The van der Waals surface area contributed by atoms with Crippen LogP contribution in [0.1, 0.15) is 22.9 Å². The molecule has 1 unspecified atom stereocenters. The number of benzene rings is 1. The molecule has 0 spiro atoms. The van der Waals surface area contributed by atoms with Gasteiger partial charge >= 0.3 is 6.36 Å². The van der Waals surface area contributed by atoms with Crippen molar-refractivity contribution in [3.63, 3.8) is 0 Å². The van der Waals surface area contributed by atoms with Gasteiger partial charge in [0.15, 0.2) is 0 Å². The Morgan fingerprint density at radius 1 is 1.50 bits per heavy atom. The molecule has 0 amide bonds. The number of hydrogen-bond donors (Lipinski definition) is 0. The van der Waals surface area contributed by atoms with Crippen LogP contribution < -0.4 is 4.74 Å². The van der Waals surface area contributed by atoms with Gasteiger partial charge in [-0.3, -0.25) is 4.79 Å². The van der Waals surface area contributed by atoms with Gasteiger partial charge in [-0.2, -0.15) is 0 Å². The molecule has 2 nitrogen and oxygen atoms in total. The lowest BCUT2D eigenvalue weighted by atomic mass is 10.1. The van der Waals surface area contributed by atoms with Gasteiger partial charge in [0.05, 0.1) is 0 Å². The molecular weight excluding hydrogens is 336 g/mol. The zero-order valence-electron chi connectivity index (χ0n) is 9.22. The number of alkyl halides is 5. The molecule has 18 heavy (non-hydrogen) atoms. The number of rotatable bonds is 4. The van der Waals surface area contributed by atoms with E-state index >= 15 is 0 Å². The maximum atomic E-state index is 12.2. The lowest BCUT2D eigenvalue weighted by Crippen LogP contribution is -2.19. The molecule has 7 heteroatoms. The smallest absolute Gasteiger partial charge is 0.405 e. The first-order valence-corrected chi connectivity index (χ1v) is 6.28. The lowest BCUT2D eigenvalue weighted by Gasteiger charge is -2.16. The van der Waals surface area contributed by atoms with Crippen LogP contribution in [0.4, 0.5) is 13.2 Å². The molecule has 0 N–H and O–H groups in total. The van der Waals surface area contributed by atoms with Crippen molar-refractivity contribution in [1.82, 2.24) is 0 Å². The van der Waals surface area contributed by atoms with E-state index in [1.165, 1.54) is 19.1 Å². The molecule has 0 aliphatic heterocycles. The third-order valence-corrected chi connectivity index (χ3v) is 3.53. The van der Waals surface area contributed by atoms with Crippen LogP contribution in [0.25, 0.3) is 0 Å². The molecule has 1 rings (SSSR count). The second-order valence-corrected chi connectivity index (χ2v) is 4.71. The second-order valence-electron chi connectivity index (χ2n) is 3.53. The second kappa shape index (κ2) is 5.93. The Kier molecular flexibility index (Phi) is 5.04. The lowest BCUT2D eigenvalue weighted by molar-refractivity contribution is -0.274. The molecule has 0 bridgehead atoms. The fraction of sp³-hybridized carbons (Fsp3) is 0.364. The van der Waals surface area contributed by atoms with Gasteiger partial charge < -0.3 is 4.74 Å². The van der Waals surface area contributed by atoms with E-state index in [1.54, 1.807) is 0 Å². The molecule has 100 valence electrons. The summed E-state index contributed by atoms with van der Waals surface area (Å²) in [5.41, 5.74) is 0.713. The van der Waals surface area contributed by atoms with E-state index in [2.05, 4.69) is 20.7 Å². The van der Waals surface area contributed by atoms with Crippen molar-refractivity contribution in [3.8, 4) is 5.75 Å². The van der Waals surface area contributed by atoms with Crippen molar-refractivity contribution in [1.29, 1.82) is 0 Å². The molecule has 1 atom stereocenters. The summed E-state index contributed by atoms with van der Waals surface area (Å²) in [7, 11) is 0. The van der Waals surface area contributed by atoms with E-state index in [1.807, 2.05) is 0 Å². The average molecular weight is 346 g/mol. The van der Waals surface area contributed by atoms with Crippen LogP contribution in [0.15, 0.2) is 18.2 Å². The van der Waals surface area contributed by atoms with E-state index in [9.17, 15) is 18.0 Å². The van der Waals surface area contributed by atoms with Crippen molar-refractivity contribution in [2.45, 2.75) is 24.0 Å². The first kappa shape index (κ1) is 15.3. The predicted molar refractivity (Wildman–Crippen MR) is 65.0 cm³/mol. The maximum absolute atomic E-state index is 12.2. The molecule has 0 fully saturated rings. The van der Waals surface area contributed by atoms with Crippen molar-refractivity contribution >= 4 is 33.3 Å². The molecule has 0 radical (unpaired) electrons. The summed E-state index contributed by atoms with van der Waals surface area (Å²) in [6, 6.07) is 3.98. The molecule has 0 aliphatic rings. The van der Waals surface area contributed by atoms with Crippen LogP contribution in [-0.4, -0.2) is 12.1 Å². The minimum absolute atomic E-state index is 0.109. The molecule has 0 heterocycles. The Hall–Kier alpha value is -0.750. The Morgan fingerprint density at radius 3 is 2.56 bits per heavy atom. The number of ketones is 1. The Morgan fingerprint density at radius 2 is 2.11 bits per heavy atom. The highest BCUT2D eigenvalue weighted by Crippen LogP contribution is 2.35. The van der Waals surface area contributed by atoms with Gasteiger partial charge in [-0.25, -0.2) is 0 Å². The topological polar surface area (TPSA) is 26.3 Å². The SMILES string of the molecule is CC(=O)C(Br)c1cc(CCl)ccc1OC(F)(F)F. The van der Waals surface area contributed by atoms with Crippen LogP contribution in [0.2, 0.25) is 0 Å². The van der Waals surface area contributed by atoms with Crippen LogP contribution in [0, 0.1) is 0 Å². The van der Waals surface area contributed by atoms with Crippen molar-refractivity contribution in [3.05, 3.63) is 29.3 Å².